The van der Waals surface area contributed by atoms with E-state index in [1.807, 2.05) is 0 Å². The molecule has 6 unspecified atom stereocenters. The van der Waals surface area contributed by atoms with Gasteiger partial charge in [-0.2, -0.15) is 0 Å². The highest BCUT2D eigenvalue weighted by Gasteiger charge is 2.59. The molecule has 6 atom stereocenters. The quantitative estimate of drug-likeness (QED) is 0.730. The standard InChI is InChI=1S/C20H32O2/c1-6-19(4)9-10-20(5)13(12-19)7-8-14-15(20)11-16(21)17(22)18(14,2)3/h6,13-15,17,22H,1,7-12H2,2-5H3. The lowest BCUT2D eigenvalue weighted by molar-refractivity contribution is -0.169. The Balaban J connectivity index is 1.93. The number of carbonyl (C=O) groups excluding carboxylic acids is 1. The number of fused-ring (bicyclic) bond motifs is 3. The predicted octanol–water partition coefficient (Wildman–Crippen LogP) is 4.37. The molecule has 0 spiro atoms. The molecule has 3 fully saturated rings. The van der Waals surface area contributed by atoms with E-state index in [0.29, 0.717) is 24.2 Å². The predicted molar refractivity (Wildman–Crippen MR) is 89.4 cm³/mol. The number of allylic oxidation sites excluding steroid dienone is 1. The summed E-state index contributed by atoms with van der Waals surface area (Å²) < 4.78 is 0. The zero-order chi connectivity index (χ0) is 16.3. The van der Waals surface area contributed by atoms with Crippen LogP contribution in [0.15, 0.2) is 12.7 Å². The summed E-state index contributed by atoms with van der Waals surface area (Å²) in [6, 6.07) is 0. The number of aliphatic hydroxyl groups excluding tert-OH is 1. The zero-order valence-electron chi connectivity index (χ0n) is 14.7. The molecule has 3 aliphatic rings. The number of aliphatic hydroxyl groups is 1. The van der Waals surface area contributed by atoms with Gasteiger partial charge in [0, 0.05) is 11.8 Å². The third kappa shape index (κ3) is 2.13. The molecule has 0 aromatic heterocycles. The summed E-state index contributed by atoms with van der Waals surface area (Å²) in [4.78, 5) is 12.4. The first-order valence-corrected chi connectivity index (χ1v) is 8.98. The van der Waals surface area contributed by atoms with Crippen molar-refractivity contribution in [3.63, 3.8) is 0 Å². The molecule has 0 aromatic rings. The van der Waals surface area contributed by atoms with Crippen molar-refractivity contribution in [3.8, 4) is 0 Å². The molecular formula is C20H32O2. The van der Waals surface area contributed by atoms with E-state index in [1.54, 1.807) is 0 Å². The van der Waals surface area contributed by atoms with Crippen LogP contribution >= 0.6 is 0 Å². The van der Waals surface area contributed by atoms with Crippen LogP contribution in [0.5, 0.6) is 0 Å². The number of hydrogen-bond acceptors (Lipinski definition) is 2. The van der Waals surface area contributed by atoms with Gasteiger partial charge in [0.25, 0.3) is 0 Å². The number of ketones is 1. The van der Waals surface area contributed by atoms with E-state index in [9.17, 15) is 9.90 Å². The van der Waals surface area contributed by atoms with Crippen molar-refractivity contribution < 1.29 is 9.90 Å². The van der Waals surface area contributed by atoms with E-state index >= 15 is 0 Å². The molecule has 3 aliphatic carbocycles. The number of rotatable bonds is 1. The first kappa shape index (κ1) is 16.2. The summed E-state index contributed by atoms with van der Waals surface area (Å²) in [5, 5.41) is 10.4. The number of Topliss-reactive ketones (excluding diaryl/α,β-unsaturated/α-hetero) is 1. The molecular weight excluding hydrogens is 272 g/mol. The first-order valence-electron chi connectivity index (χ1n) is 8.98. The van der Waals surface area contributed by atoms with E-state index in [4.69, 9.17) is 0 Å². The Labute approximate surface area is 135 Å². The Bertz CT molecular complexity index is 494. The highest BCUT2D eigenvalue weighted by molar-refractivity contribution is 5.85. The van der Waals surface area contributed by atoms with E-state index in [2.05, 4.69) is 40.3 Å². The van der Waals surface area contributed by atoms with Crippen molar-refractivity contribution >= 4 is 5.78 Å². The molecule has 3 saturated carbocycles. The maximum absolute atomic E-state index is 12.4. The smallest absolute Gasteiger partial charge is 0.162 e. The molecule has 3 rings (SSSR count). The molecule has 2 nitrogen and oxygen atoms in total. The van der Waals surface area contributed by atoms with Crippen LogP contribution in [0.1, 0.15) is 66.2 Å². The lowest BCUT2D eigenvalue weighted by Gasteiger charge is -2.61. The molecule has 0 aromatic carbocycles. The van der Waals surface area contributed by atoms with Gasteiger partial charge in [0.15, 0.2) is 5.78 Å². The lowest BCUT2D eigenvalue weighted by atomic mass is 9.43. The van der Waals surface area contributed by atoms with E-state index < -0.39 is 6.10 Å². The largest absolute Gasteiger partial charge is 0.385 e. The van der Waals surface area contributed by atoms with Crippen LogP contribution in [0.25, 0.3) is 0 Å². The molecule has 2 heteroatoms. The van der Waals surface area contributed by atoms with Gasteiger partial charge in [-0.05, 0) is 60.7 Å². The van der Waals surface area contributed by atoms with Crippen LogP contribution in [-0.2, 0) is 4.79 Å². The van der Waals surface area contributed by atoms with Crippen LogP contribution in [0.3, 0.4) is 0 Å². The van der Waals surface area contributed by atoms with E-state index in [-0.39, 0.29) is 22.0 Å². The van der Waals surface area contributed by atoms with Gasteiger partial charge >= 0.3 is 0 Å². The van der Waals surface area contributed by atoms with Crippen LogP contribution in [0.4, 0.5) is 0 Å². The summed E-state index contributed by atoms with van der Waals surface area (Å²) in [5.74, 6) is 1.70. The Hall–Kier alpha value is -0.630. The van der Waals surface area contributed by atoms with Crippen LogP contribution in [-0.4, -0.2) is 17.0 Å². The topological polar surface area (TPSA) is 37.3 Å². The third-order valence-electron chi connectivity index (χ3n) is 7.92. The Morgan fingerprint density at radius 1 is 1.14 bits per heavy atom. The van der Waals surface area contributed by atoms with Gasteiger partial charge in [-0.3, -0.25) is 4.79 Å². The summed E-state index contributed by atoms with van der Waals surface area (Å²) in [6.07, 6.45) is 7.97. The Kier molecular flexibility index (Phi) is 3.64. The van der Waals surface area contributed by atoms with Crippen molar-refractivity contribution in [2.45, 2.75) is 72.3 Å². The van der Waals surface area contributed by atoms with Crippen molar-refractivity contribution in [3.05, 3.63) is 12.7 Å². The minimum Gasteiger partial charge on any atom is -0.385 e. The minimum absolute atomic E-state index is 0.0742. The Morgan fingerprint density at radius 2 is 1.82 bits per heavy atom. The van der Waals surface area contributed by atoms with Crippen molar-refractivity contribution in [1.82, 2.24) is 0 Å². The summed E-state index contributed by atoms with van der Waals surface area (Å²) in [5.41, 5.74) is 0.260. The zero-order valence-corrected chi connectivity index (χ0v) is 14.7. The molecule has 0 radical (unpaired) electrons. The van der Waals surface area contributed by atoms with Gasteiger partial charge in [0.2, 0.25) is 0 Å². The second-order valence-electron chi connectivity index (χ2n) is 9.45. The summed E-state index contributed by atoms with van der Waals surface area (Å²) in [7, 11) is 0. The van der Waals surface area contributed by atoms with Crippen LogP contribution in [0.2, 0.25) is 0 Å². The van der Waals surface area contributed by atoms with Crippen molar-refractivity contribution in [2.75, 3.05) is 0 Å². The third-order valence-corrected chi connectivity index (χ3v) is 7.92. The van der Waals surface area contributed by atoms with Crippen molar-refractivity contribution in [2.24, 2.45) is 34.0 Å². The fourth-order valence-corrected chi connectivity index (χ4v) is 6.02. The van der Waals surface area contributed by atoms with Crippen molar-refractivity contribution in [1.29, 1.82) is 0 Å². The average Bonchev–Trinajstić information content (AvgIpc) is 2.47. The normalized spacial score (nSPS) is 50.9. The molecule has 0 aliphatic heterocycles. The fraction of sp³-hybridized carbons (Fsp3) is 0.850. The lowest BCUT2D eigenvalue weighted by Crippen LogP contribution is -2.59. The number of hydrogen-bond donors (Lipinski definition) is 1. The van der Waals surface area contributed by atoms with E-state index in [0.717, 1.165) is 6.42 Å². The highest BCUT2D eigenvalue weighted by Crippen LogP contribution is 2.64. The average molecular weight is 304 g/mol. The van der Waals surface area contributed by atoms with Gasteiger partial charge in [0.1, 0.15) is 6.10 Å². The molecule has 0 bridgehead atoms. The molecule has 0 saturated heterocycles. The molecule has 0 heterocycles. The fourth-order valence-electron chi connectivity index (χ4n) is 6.02. The highest BCUT2D eigenvalue weighted by atomic mass is 16.3. The first-order chi connectivity index (χ1) is 10.1. The van der Waals surface area contributed by atoms with Gasteiger partial charge in [-0.1, -0.05) is 33.8 Å². The molecule has 0 amide bonds. The maximum atomic E-state index is 12.4. The van der Waals surface area contributed by atoms with Gasteiger partial charge in [-0.25, -0.2) is 0 Å². The van der Waals surface area contributed by atoms with Gasteiger partial charge in [0.05, 0.1) is 0 Å². The number of carbonyl (C=O) groups is 1. The minimum atomic E-state index is -0.768. The summed E-state index contributed by atoms with van der Waals surface area (Å²) in [6.45, 7) is 13.0. The van der Waals surface area contributed by atoms with Crippen LogP contribution < -0.4 is 0 Å². The van der Waals surface area contributed by atoms with Gasteiger partial charge < -0.3 is 5.11 Å². The molecule has 22 heavy (non-hydrogen) atoms. The SMILES string of the molecule is C=CC1(C)CCC2(C)C(CCC3C2CC(=O)C(O)C3(C)C)C1. The second-order valence-corrected chi connectivity index (χ2v) is 9.45. The summed E-state index contributed by atoms with van der Waals surface area (Å²) >= 11 is 0. The van der Waals surface area contributed by atoms with Crippen LogP contribution in [0, 0.1) is 34.0 Å². The molecule has 124 valence electrons. The Morgan fingerprint density at radius 3 is 2.45 bits per heavy atom. The van der Waals surface area contributed by atoms with Gasteiger partial charge in [-0.15, -0.1) is 6.58 Å². The second kappa shape index (κ2) is 4.93. The molecule has 1 N–H and O–H groups in total. The maximum Gasteiger partial charge on any atom is 0.162 e. The monoisotopic (exact) mass is 304 g/mol. The van der Waals surface area contributed by atoms with E-state index in [1.165, 1.54) is 25.7 Å².